The third-order valence-corrected chi connectivity index (χ3v) is 8.35. The number of allylic oxidation sites excluding steroid dienone is 1. The van der Waals surface area contributed by atoms with E-state index in [4.69, 9.17) is 9.47 Å². The fraction of sp³-hybridized carbons (Fsp3) is 0.630. The van der Waals surface area contributed by atoms with Crippen LogP contribution < -0.4 is 9.47 Å². The van der Waals surface area contributed by atoms with Gasteiger partial charge in [0.25, 0.3) is 5.91 Å². The van der Waals surface area contributed by atoms with Gasteiger partial charge in [0.2, 0.25) is 5.91 Å². The summed E-state index contributed by atoms with van der Waals surface area (Å²) in [7, 11) is 3.17. The van der Waals surface area contributed by atoms with E-state index < -0.39 is 0 Å². The molecule has 0 N–H and O–H groups in total. The number of methoxy groups -OCH3 is 2. The van der Waals surface area contributed by atoms with Crippen molar-refractivity contribution >= 4 is 11.8 Å². The van der Waals surface area contributed by atoms with Gasteiger partial charge in [0.15, 0.2) is 0 Å². The molecule has 2 amide bonds. The fourth-order valence-corrected chi connectivity index (χ4v) is 5.77. The highest BCUT2D eigenvalue weighted by Gasteiger charge is 2.51. The smallest absolute Gasteiger partial charge is 0.254 e. The molecule has 7 heteroatoms. The van der Waals surface area contributed by atoms with Gasteiger partial charge in [0.05, 0.1) is 14.2 Å². The number of hydrogen-bond donors (Lipinski definition) is 0. The van der Waals surface area contributed by atoms with Crippen LogP contribution in [0.4, 0.5) is 0 Å². The van der Waals surface area contributed by atoms with Gasteiger partial charge in [-0.25, -0.2) is 0 Å². The summed E-state index contributed by atoms with van der Waals surface area (Å²) in [4.78, 5) is 31.7. The summed E-state index contributed by atoms with van der Waals surface area (Å²) in [6.45, 7) is 11.7. The molecule has 1 aromatic rings. The van der Waals surface area contributed by atoms with Crippen molar-refractivity contribution < 1.29 is 19.1 Å². The molecule has 0 radical (unpaired) electrons. The second kappa shape index (κ2) is 9.98. The van der Waals surface area contributed by atoms with Gasteiger partial charge in [0.1, 0.15) is 11.5 Å². The summed E-state index contributed by atoms with van der Waals surface area (Å²) in [6, 6.07) is 5.28. The van der Waals surface area contributed by atoms with Crippen molar-refractivity contribution in [2.45, 2.75) is 33.6 Å². The molecule has 1 aliphatic heterocycles. The number of amides is 2. The van der Waals surface area contributed by atoms with E-state index in [1.807, 2.05) is 9.80 Å². The van der Waals surface area contributed by atoms with Gasteiger partial charge in [-0.2, -0.15) is 0 Å². The first-order chi connectivity index (χ1) is 16.2. The minimum atomic E-state index is -0.00661. The predicted octanol–water partition coefficient (Wildman–Crippen LogP) is 3.30. The van der Waals surface area contributed by atoms with Gasteiger partial charge < -0.3 is 19.3 Å². The molecule has 0 spiro atoms. The number of rotatable bonds is 8. The van der Waals surface area contributed by atoms with Gasteiger partial charge in [-0.3, -0.25) is 14.5 Å². The van der Waals surface area contributed by atoms with Crippen LogP contribution in [-0.2, 0) is 4.79 Å². The Balaban J connectivity index is 1.28. The van der Waals surface area contributed by atoms with Crippen LogP contribution >= 0.6 is 0 Å². The van der Waals surface area contributed by atoms with Crippen LogP contribution in [0.5, 0.6) is 11.5 Å². The Bertz CT molecular complexity index is 927. The minimum absolute atomic E-state index is 0.00661. The lowest BCUT2D eigenvalue weighted by Crippen LogP contribution is -2.52. The Morgan fingerprint density at radius 1 is 1.06 bits per heavy atom. The molecular formula is C27H39N3O4. The Kier molecular flexibility index (Phi) is 7.22. The first-order valence-electron chi connectivity index (χ1n) is 12.4. The number of ether oxygens (including phenoxy) is 2. The maximum atomic E-state index is 13.0. The van der Waals surface area contributed by atoms with Crippen molar-refractivity contribution in [2.75, 3.05) is 60.0 Å². The molecule has 5 rings (SSSR count). The van der Waals surface area contributed by atoms with E-state index in [9.17, 15) is 9.59 Å². The van der Waals surface area contributed by atoms with E-state index in [1.54, 1.807) is 39.3 Å². The maximum Gasteiger partial charge on any atom is 0.254 e. The lowest BCUT2D eigenvalue weighted by Gasteiger charge is -2.57. The van der Waals surface area contributed by atoms with Gasteiger partial charge >= 0.3 is 0 Å². The standard InChI is InChI=1S/C27H39N3O4/c1-19(31)30(18-20-6-7-22-16-25(20)27(22,2)3)13-10-28-8-11-29(12-9-28)26(32)21-14-23(33-4)17-24(15-21)34-5/h6,14-15,17,22,25H,7-13,16,18H2,1-5H3. The molecule has 1 aromatic carbocycles. The number of benzene rings is 1. The number of nitrogens with zero attached hydrogens (tertiary/aromatic N) is 3. The van der Waals surface area contributed by atoms with Crippen LogP contribution in [-0.4, -0.2) is 86.5 Å². The molecule has 34 heavy (non-hydrogen) atoms. The molecule has 4 aliphatic rings. The van der Waals surface area contributed by atoms with Crippen LogP contribution in [0.2, 0.25) is 0 Å². The minimum Gasteiger partial charge on any atom is -0.497 e. The van der Waals surface area contributed by atoms with Gasteiger partial charge in [-0.15, -0.1) is 0 Å². The largest absolute Gasteiger partial charge is 0.497 e. The Labute approximate surface area is 203 Å². The van der Waals surface area contributed by atoms with Crippen molar-refractivity contribution in [1.29, 1.82) is 0 Å². The maximum absolute atomic E-state index is 13.0. The third kappa shape index (κ3) is 4.95. The second-order valence-electron chi connectivity index (χ2n) is 10.5. The molecule has 2 fully saturated rings. The van der Waals surface area contributed by atoms with Crippen molar-refractivity contribution in [3.05, 3.63) is 35.4 Å². The molecule has 2 atom stereocenters. The molecule has 2 bridgehead atoms. The number of fused-ring (bicyclic) bond motifs is 1. The Hall–Kier alpha value is -2.54. The van der Waals surface area contributed by atoms with E-state index in [0.29, 0.717) is 41.5 Å². The summed E-state index contributed by atoms with van der Waals surface area (Å²) in [5.41, 5.74) is 2.41. The highest BCUT2D eigenvalue weighted by atomic mass is 16.5. The topological polar surface area (TPSA) is 62.3 Å². The second-order valence-corrected chi connectivity index (χ2v) is 10.5. The van der Waals surface area contributed by atoms with Crippen LogP contribution in [0, 0.1) is 17.3 Å². The third-order valence-electron chi connectivity index (χ3n) is 8.35. The summed E-state index contributed by atoms with van der Waals surface area (Å²) in [6.07, 6.45) is 4.82. The molecule has 186 valence electrons. The SMILES string of the molecule is COc1cc(OC)cc(C(=O)N2CCN(CCN(CC3=CCC4CC3C4(C)C)C(C)=O)CC2)c1. The average Bonchev–Trinajstić information content (AvgIpc) is 2.85. The summed E-state index contributed by atoms with van der Waals surface area (Å²) in [5, 5.41) is 0. The molecule has 1 saturated carbocycles. The zero-order valence-corrected chi connectivity index (χ0v) is 21.3. The number of carbonyl (C=O) groups excluding carboxylic acids is 2. The molecule has 7 nitrogen and oxygen atoms in total. The first-order valence-corrected chi connectivity index (χ1v) is 12.4. The van der Waals surface area contributed by atoms with Crippen LogP contribution in [0.15, 0.2) is 29.8 Å². The van der Waals surface area contributed by atoms with Crippen LogP contribution in [0.1, 0.15) is 44.0 Å². The number of hydrogen-bond acceptors (Lipinski definition) is 5. The van der Waals surface area contributed by atoms with Crippen LogP contribution in [0.3, 0.4) is 0 Å². The molecule has 0 aromatic heterocycles. The number of carbonyl (C=O) groups is 2. The zero-order chi connectivity index (χ0) is 24.5. The molecular weight excluding hydrogens is 430 g/mol. The highest BCUT2D eigenvalue weighted by Crippen LogP contribution is 2.59. The normalized spacial score (nSPS) is 23.6. The molecule has 3 aliphatic carbocycles. The lowest BCUT2D eigenvalue weighted by molar-refractivity contribution is -0.129. The first kappa shape index (κ1) is 24.6. The van der Waals surface area contributed by atoms with Gasteiger partial charge in [-0.1, -0.05) is 25.5 Å². The van der Waals surface area contributed by atoms with Crippen molar-refractivity contribution in [3.8, 4) is 11.5 Å². The van der Waals surface area contributed by atoms with Crippen molar-refractivity contribution in [2.24, 2.45) is 17.3 Å². The molecule has 1 saturated heterocycles. The molecule has 2 unspecified atom stereocenters. The number of piperazine rings is 1. The predicted molar refractivity (Wildman–Crippen MR) is 132 cm³/mol. The van der Waals surface area contributed by atoms with Gasteiger partial charge in [-0.05, 0) is 42.2 Å². The van der Waals surface area contributed by atoms with E-state index in [-0.39, 0.29) is 11.8 Å². The van der Waals surface area contributed by atoms with Gasteiger partial charge in [0, 0.05) is 64.4 Å². The Morgan fingerprint density at radius 2 is 1.71 bits per heavy atom. The summed E-state index contributed by atoms with van der Waals surface area (Å²) >= 11 is 0. The Morgan fingerprint density at radius 3 is 2.24 bits per heavy atom. The summed E-state index contributed by atoms with van der Waals surface area (Å²) < 4.78 is 10.6. The molecule has 1 heterocycles. The monoisotopic (exact) mass is 469 g/mol. The van der Waals surface area contributed by atoms with E-state index >= 15 is 0 Å². The average molecular weight is 470 g/mol. The quantitative estimate of drug-likeness (QED) is 0.547. The highest BCUT2D eigenvalue weighted by molar-refractivity contribution is 5.95. The fourth-order valence-electron chi connectivity index (χ4n) is 5.77. The zero-order valence-electron chi connectivity index (χ0n) is 21.3. The lowest BCUT2D eigenvalue weighted by atomic mass is 9.49. The van der Waals surface area contributed by atoms with E-state index in [0.717, 1.165) is 45.1 Å². The van der Waals surface area contributed by atoms with E-state index in [1.165, 1.54) is 12.0 Å². The van der Waals surface area contributed by atoms with Crippen molar-refractivity contribution in [3.63, 3.8) is 0 Å². The van der Waals surface area contributed by atoms with Crippen LogP contribution in [0.25, 0.3) is 0 Å². The summed E-state index contributed by atoms with van der Waals surface area (Å²) in [5.74, 6) is 2.79. The van der Waals surface area contributed by atoms with E-state index in [2.05, 4.69) is 24.8 Å². The van der Waals surface area contributed by atoms with Crippen molar-refractivity contribution in [1.82, 2.24) is 14.7 Å².